The second-order valence-electron chi connectivity index (χ2n) is 9.75. The van der Waals surface area contributed by atoms with Gasteiger partial charge in [0.05, 0.1) is 35.0 Å². The van der Waals surface area contributed by atoms with Gasteiger partial charge in [-0.15, -0.1) is 11.3 Å². The quantitative estimate of drug-likeness (QED) is 0.319. The van der Waals surface area contributed by atoms with E-state index in [1.165, 1.54) is 11.3 Å². The Balaban J connectivity index is 1.49. The minimum absolute atomic E-state index is 0.0368. The molecule has 0 aliphatic carbocycles. The van der Waals surface area contributed by atoms with Crippen LogP contribution < -0.4 is 18.9 Å². The van der Waals surface area contributed by atoms with Crippen molar-refractivity contribution in [2.24, 2.45) is 0 Å². The number of rotatable bonds is 12. The third-order valence-corrected chi connectivity index (χ3v) is 8.03. The lowest BCUT2D eigenvalue weighted by atomic mass is 10.1. The van der Waals surface area contributed by atoms with Gasteiger partial charge in [-0.3, -0.25) is 14.5 Å². The van der Waals surface area contributed by atoms with Crippen LogP contribution in [0, 0.1) is 0 Å². The van der Waals surface area contributed by atoms with Gasteiger partial charge in [-0.2, -0.15) is 0 Å². The van der Waals surface area contributed by atoms with Crippen LogP contribution in [-0.4, -0.2) is 92.7 Å². The molecular weight excluding hydrogens is 544 g/mol. The van der Waals surface area contributed by atoms with Crippen LogP contribution in [0.15, 0.2) is 41.8 Å². The number of nitrogens with zero attached hydrogens (tertiary/aromatic N) is 4. The lowest BCUT2D eigenvalue weighted by molar-refractivity contribution is -0.130. The van der Waals surface area contributed by atoms with Crippen molar-refractivity contribution in [3.63, 3.8) is 0 Å². The van der Waals surface area contributed by atoms with Gasteiger partial charge in [-0.25, -0.2) is 4.98 Å². The average molecular weight is 583 g/mol. The second kappa shape index (κ2) is 14.2. The molecule has 0 atom stereocenters. The highest BCUT2D eigenvalue weighted by atomic mass is 32.1. The van der Waals surface area contributed by atoms with Gasteiger partial charge >= 0.3 is 0 Å². The Hall–Kier alpha value is -3.83. The van der Waals surface area contributed by atoms with Crippen LogP contribution in [0.2, 0.25) is 0 Å². The number of hydrogen-bond donors (Lipinski definition) is 0. The van der Waals surface area contributed by atoms with E-state index in [9.17, 15) is 9.59 Å². The molecule has 2 heterocycles. The summed E-state index contributed by atoms with van der Waals surface area (Å²) < 4.78 is 21.9. The van der Waals surface area contributed by atoms with Crippen LogP contribution in [-0.2, 0) is 24.3 Å². The summed E-state index contributed by atoms with van der Waals surface area (Å²) in [5.41, 5.74) is 2.59. The summed E-state index contributed by atoms with van der Waals surface area (Å²) in [6.07, 6.45) is 0.774. The molecule has 0 saturated carbocycles. The fourth-order valence-electron chi connectivity index (χ4n) is 4.82. The monoisotopic (exact) mass is 582 g/mol. The van der Waals surface area contributed by atoms with E-state index in [4.69, 9.17) is 23.9 Å². The maximum atomic E-state index is 13.1. The maximum Gasteiger partial charge on any atom is 0.273 e. The third-order valence-electron chi connectivity index (χ3n) is 7.19. The lowest BCUT2D eigenvalue weighted by Crippen LogP contribution is -2.50. The fraction of sp³-hybridized carbons (Fsp3) is 0.433. The molecule has 1 aromatic heterocycles. The molecule has 0 bridgehead atoms. The predicted molar refractivity (Wildman–Crippen MR) is 157 cm³/mol. The van der Waals surface area contributed by atoms with Crippen molar-refractivity contribution in [1.29, 1.82) is 0 Å². The first-order valence-corrected chi connectivity index (χ1v) is 14.4. The van der Waals surface area contributed by atoms with Gasteiger partial charge in [-0.05, 0) is 30.2 Å². The van der Waals surface area contributed by atoms with E-state index in [1.54, 1.807) is 45.2 Å². The molecule has 10 nitrogen and oxygen atoms in total. The Morgan fingerprint density at radius 2 is 1.56 bits per heavy atom. The maximum absolute atomic E-state index is 13.1. The van der Waals surface area contributed by atoms with Crippen molar-refractivity contribution < 1.29 is 28.5 Å². The number of carbonyl (C=O) groups is 2. The smallest absolute Gasteiger partial charge is 0.273 e. The molecule has 2 amide bonds. The number of piperazine rings is 1. The van der Waals surface area contributed by atoms with Crippen molar-refractivity contribution in [3.05, 3.63) is 63.6 Å². The summed E-state index contributed by atoms with van der Waals surface area (Å²) >= 11 is 1.48. The summed E-state index contributed by atoms with van der Waals surface area (Å²) in [6, 6.07) is 11.8. The van der Waals surface area contributed by atoms with Gasteiger partial charge < -0.3 is 28.7 Å². The van der Waals surface area contributed by atoms with Gasteiger partial charge in [0, 0.05) is 63.2 Å². The standard InChI is InChI=1S/C30H38N4O6S/c1-21(35)33-12-14-34(15-13-33)30(36)25-20-41-29(31-25)19-32(18-23-7-8-24(37-2)17-27(23)39-4)11-10-22-6-9-26(38-3)28(16-22)40-5/h6-9,16-17,20H,10-15,18-19H2,1-5H3. The third kappa shape index (κ3) is 7.68. The van der Waals surface area contributed by atoms with Crippen LogP contribution in [0.5, 0.6) is 23.0 Å². The Morgan fingerprint density at radius 3 is 2.22 bits per heavy atom. The van der Waals surface area contributed by atoms with E-state index in [2.05, 4.69) is 4.90 Å². The average Bonchev–Trinajstić information content (AvgIpc) is 3.47. The first-order chi connectivity index (χ1) is 19.8. The SMILES string of the molecule is COc1ccc(CN(CCc2ccc(OC)c(OC)c2)Cc2nc(C(=O)N3CCN(C(C)=O)CC3)cs2)c(OC)c1. The van der Waals surface area contributed by atoms with Gasteiger partial charge in [0.25, 0.3) is 5.91 Å². The number of aromatic nitrogens is 1. The van der Waals surface area contributed by atoms with E-state index in [1.807, 2.05) is 41.8 Å². The number of ether oxygens (including phenoxy) is 4. The molecule has 2 aromatic carbocycles. The summed E-state index contributed by atoms with van der Waals surface area (Å²) in [6.45, 7) is 5.61. The highest BCUT2D eigenvalue weighted by molar-refractivity contribution is 7.09. The molecule has 0 spiro atoms. The zero-order valence-electron chi connectivity index (χ0n) is 24.3. The minimum atomic E-state index is -0.0931. The molecule has 0 N–H and O–H groups in total. The Labute approximate surface area is 245 Å². The zero-order chi connectivity index (χ0) is 29.4. The first kappa shape index (κ1) is 30.1. The Morgan fingerprint density at radius 1 is 0.854 bits per heavy atom. The Kier molecular flexibility index (Phi) is 10.4. The van der Waals surface area contributed by atoms with E-state index >= 15 is 0 Å². The van der Waals surface area contributed by atoms with Crippen LogP contribution in [0.1, 0.15) is 33.5 Å². The van der Waals surface area contributed by atoms with Crippen LogP contribution in [0.4, 0.5) is 0 Å². The second-order valence-corrected chi connectivity index (χ2v) is 10.7. The van der Waals surface area contributed by atoms with Crippen molar-refractivity contribution >= 4 is 23.2 Å². The molecule has 0 unspecified atom stereocenters. The molecule has 1 saturated heterocycles. The molecule has 0 radical (unpaired) electrons. The largest absolute Gasteiger partial charge is 0.497 e. The minimum Gasteiger partial charge on any atom is -0.497 e. The van der Waals surface area contributed by atoms with Crippen molar-refractivity contribution in [1.82, 2.24) is 19.7 Å². The molecule has 1 aliphatic rings. The molecular formula is C30H38N4O6S. The zero-order valence-corrected chi connectivity index (χ0v) is 25.2. The van der Waals surface area contributed by atoms with Gasteiger partial charge in [0.2, 0.25) is 5.91 Å². The van der Waals surface area contributed by atoms with Crippen LogP contribution in [0.3, 0.4) is 0 Å². The van der Waals surface area contributed by atoms with Crippen molar-refractivity contribution in [2.45, 2.75) is 26.4 Å². The molecule has 1 aliphatic heterocycles. The lowest BCUT2D eigenvalue weighted by Gasteiger charge is -2.33. The number of amides is 2. The van der Waals surface area contributed by atoms with E-state index in [0.717, 1.165) is 40.6 Å². The number of carbonyl (C=O) groups excluding carboxylic acids is 2. The molecule has 220 valence electrons. The molecule has 3 aromatic rings. The number of methoxy groups -OCH3 is 4. The van der Waals surface area contributed by atoms with Crippen molar-refractivity contribution in [2.75, 3.05) is 61.2 Å². The number of thiazole rings is 1. The highest BCUT2D eigenvalue weighted by Crippen LogP contribution is 2.29. The fourth-order valence-corrected chi connectivity index (χ4v) is 5.63. The number of hydrogen-bond acceptors (Lipinski definition) is 9. The summed E-state index contributed by atoms with van der Waals surface area (Å²) in [5, 5.41) is 2.69. The van der Waals surface area contributed by atoms with Crippen molar-refractivity contribution in [3.8, 4) is 23.0 Å². The van der Waals surface area contributed by atoms with Crippen LogP contribution in [0.25, 0.3) is 0 Å². The predicted octanol–water partition coefficient (Wildman–Crippen LogP) is 3.73. The van der Waals surface area contributed by atoms with Gasteiger partial charge in [0.15, 0.2) is 11.5 Å². The van der Waals surface area contributed by atoms with E-state index in [-0.39, 0.29) is 11.8 Å². The van der Waals surface area contributed by atoms with Crippen LogP contribution >= 0.6 is 11.3 Å². The summed E-state index contributed by atoms with van der Waals surface area (Å²) in [4.78, 5) is 35.3. The highest BCUT2D eigenvalue weighted by Gasteiger charge is 2.25. The summed E-state index contributed by atoms with van der Waals surface area (Å²) in [7, 11) is 6.55. The molecule has 41 heavy (non-hydrogen) atoms. The normalized spacial score (nSPS) is 13.3. The first-order valence-electron chi connectivity index (χ1n) is 13.5. The molecule has 11 heteroatoms. The molecule has 4 rings (SSSR count). The summed E-state index contributed by atoms with van der Waals surface area (Å²) in [5.74, 6) is 2.81. The van der Waals surface area contributed by atoms with Gasteiger partial charge in [-0.1, -0.05) is 12.1 Å². The Bertz CT molecular complexity index is 1340. The van der Waals surface area contributed by atoms with E-state index in [0.29, 0.717) is 56.5 Å². The van der Waals surface area contributed by atoms with E-state index < -0.39 is 0 Å². The van der Waals surface area contributed by atoms with Gasteiger partial charge in [0.1, 0.15) is 22.2 Å². The topological polar surface area (TPSA) is 93.7 Å². The number of benzene rings is 2. The molecule has 1 fully saturated rings.